The van der Waals surface area contributed by atoms with Gasteiger partial charge in [0.2, 0.25) is 0 Å². The van der Waals surface area contributed by atoms with Gasteiger partial charge in [-0.15, -0.1) is 0 Å². The summed E-state index contributed by atoms with van der Waals surface area (Å²) in [5.74, 6) is 0.613. The number of rotatable bonds is 3. The third kappa shape index (κ3) is 3.25. The van der Waals surface area contributed by atoms with Crippen LogP contribution in [0.15, 0.2) is 17.1 Å². The van der Waals surface area contributed by atoms with Crippen molar-refractivity contribution in [2.24, 2.45) is 5.92 Å². The number of carbonyl (C=O) groups is 1. The number of H-pyrrole nitrogens is 1. The zero-order valence-corrected chi connectivity index (χ0v) is 11.7. The number of aromatic nitrogens is 1. The lowest BCUT2D eigenvalue weighted by Gasteiger charge is -2.31. The standard InChI is InChI=1S/C15H22N2O2/c1-3-4-12-5-7-17(8-6-12)15(19)13-10-16-11(2)9-14(13)18/h9-10,12H,3-8H2,1-2H3,(H,16,18). The van der Waals surface area contributed by atoms with Gasteiger partial charge in [0.1, 0.15) is 5.56 Å². The molecule has 1 saturated heterocycles. The van der Waals surface area contributed by atoms with E-state index in [2.05, 4.69) is 11.9 Å². The summed E-state index contributed by atoms with van der Waals surface area (Å²) in [4.78, 5) is 28.9. The SMILES string of the molecule is CCCC1CCN(C(=O)c2c[nH]c(C)cc2=O)CC1. The molecule has 1 aromatic rings. The fourth-order valence-corrected chi connectivity index (χ4v) is 2.74. The second kappa shape index (κ2) is 6.04. The first-order valence-corrected chi connectivity index (χ1v) is 7.10. The minimum Gasteiger partial charge on any atom is -0.364 e. The first kappa shape index (κ1) is 13.8. The number of likely N-dealkylation sites (tertiary alicyclic amines) is 1. The molecule has 0 aromatic carbocycles. The predicted molar refractivity (Wildman–Crippen MR) is 75.3 cm³/mol. The maximum atomic E-state index is 12.3. The fraction of sp³-hybridized carbons (Fsp3) is 0.600. The van der Waals surface area contributed by atoms with Crippen molar-refractivity contribution in [1.82, 2.24) is 9.88 Å². The normalized spacial score (nSPS) is 16.6. The number of aromatic amines is 1. The Balaban J connectivity index is 2.03. The largest absolute Gasteiger partial charge is 0.364 e. The van der Waals surface area contributed by atoms with Gasteiger partial charge in [-0.3, -0.25) is 9.59 Å². The monoisotopic (exact) mass is 262 g/mol. The van der Waals surface area contributed by atoms with Crippen LogP contribution in [0.2, 0.25) is 0 Å². The number of piperidine rings is 1. The van der Waals surface area contributed by atoms with E-state index in [1.807, 2.05) is 11.8 Å². The summed E-state index contributed by atoms with van der Waals surface area (Å²) in [5, 5.41) is 0. The van der Waals surface area contributed by atoms with Crippen LogP contribution in [0.5, 0.6) is 0 Å². The van der Waals surface area contributed by atoms with E-state index < -0.39 is 0 Å². The average molecular weight is 262 g/mol. The van der Waals surface area contributed by atoms with Gasteiger partial charge >= 0.3 is 0 Å². The van der Waals surface area contributed by atoms with Crippen LogP contribution in [-0.2, 0) is 0 Å². The van der Waals surface area contributed by atoms with E-state index in [9.17, 15) is 9.59 Å². The van der Waals surface area contributed by atoms with Gasteiger partial charge in [0.25, 0.3) is 5.91 Å². The Morgan fingerprint density at radius 3 is 2.68 bits per heavy atom. The highest BCUT2D eigenvalue weighted by molar-refractivity contribution is 5.93. The molecule has 0 bridgehead atoms. The first-order chi connectivity index (χ1) is 9.11. The molecule has 1 amide bonds. The summed E-state index contributed by atoms with van der Waals surface area (Å²) in [6.07, 6.45) is 6.11. The van der Waals surface area contributed by atoms with Gasteiger partial charge in [0.15, 0.2) is 5.43 Å². The number of amides is 1. The van der Waals surface area contributed by atoms with Crippen molar-refractivity contribution in [3.05, 3.63) is 33.7 Å². The van der Waals surface area contributed by atoms with Crippen molar-refractivity contribution < 1.29 is 4.79 Å². The first-order valence-electron chi connectivity index (χ1n) is 7.10. The molecule has 1 aromatic heterocycles. The summed E-state index contributed by atoms with van der Waals surface area (Å²) >= 11 is 0. The zero-order chi connectivity index (χ0) is 13.8. The molecule has 0 saturated carbocycles. The van der Waals surface area contributed by atoms with Gasteiger partial charge in [-0.05, 0) is 25.7 Å². The third-order valence-electron chi connectivity index (χ3n) is 3.89. The number of carbonyl (C=O) groups excluding carboxylic acids is 1. The Morgan fingerprint density at radius 1 is 1.42 bits per heavy atom. The predicted octanol–water partition coefficient (Wildman–Crippen LogP) is 2.34. The highest BCUT2D eigenvalue weighted by Crippen LogP contribution is 2.22. The van der Waals surface area contributed by atoms with E-state index in [1.165, 1.54) is 25.1 Å². The molecular formula is C15H22N2O2. The molecule has 104 valence electrons. The summed E-state index contributed by atoms with van der Waals surface area (Å²) in [6, 6.07) is 1.48. The fourth-order valence-electron chi connectivity index (χ4n) is 2.74. The van der Waals surface area contributed by atoms with Gasteiger partial charge in [-0.1, -0.05) is 19.8 Å². The Hall–Kier alpha value is -1.58. The second-order valence-corrected chi connectivity index (χ2v) is 5.42. The van der Waals surface area contributed by atoms with Crippen LogP contribution in [0, 0.1) is 12.8 Å². The van der Waals surface area contributed by atoms with Crippen LogP contribution in [0.4, 0.5) is 0 Å². The van der Waals surface area contributed by atoms with Crippen molar-refractivity contribution in [2.75, 3.05) is 13.1 Å². The Bertz CT molecular complexity index is 499. The maximum Gasteiger partial charge on any atom is 0.259 e. The van der Waals surface area contributed by atoms with E-state index in [0.717, 1.165) is 37.5 Å². The number of pyridine rings is 1. The van der Waals surface area contributed by atoms with Gasteiger partial charge in [0, 0.05) is 31.0 Å². The van der Waals surface area contributed by atoms with Crippen molar-refractivity contribution in [1.29, 1.82) is 0 Å². The lowest BCUT2D eigenvalue weighted by Crippen LogP contribution is -2.40. The highest BCUT2D eigenvalue weighted by atomic mass is 16.2. The topological polar surface area (TPSA) is 53.2 Å². The number of nitrogens with zero attached hydrogens (tertiary/aromatic N) is 1. The van der Waals surface area contributed by atoms with E-state index >= 15 is 0 Å². The van der Waals surface area contributed by atoms with Crippen molar-refractivity contribution in [2.45, 2.75) is 39.5 Å². The Kier molecular flexibility index (Phi) is 4.40. The summed E-state index contributed by atoms with van der Waals surface area (Å²) < 4.78 is 0. The van der Waals surface area contributed by atoms with Gasteiger partial charge in [-0.25, -0.2) is 0 Å². The average Bonchev–Trinajstić information content (AvgIpc) is 2.39. The number of aryl methyl sites for hydroxylation is 1. The van der Waals surface area contributed by atoms with E-state index in [4.69, 9.17) is 0 Å². The molecule has 4 heteroatoms. The molecule has 4 nitrogen and oxygen atoms in total. The molecule has 0 spiro atoms. The molecule has 0 aliphatic carbocycles. The minimum atomic E-state index is -0.183. The molecule has 19 heavy (non-hydrogen) atoms. The molecule has 1 N–H and O–H groups in total. The van der Waals surface area contributed by atoms with Gasteiger partial charge in [0.05, 0.1) is 0 Å². The third-order valence-corrected chi connectivity index (χ3v) is 3.89. The van der Waals surface area contributed by atoms with Gasteiger partial charge < -0.3 is 9.88 Å². The Morgan fingerprint density at radius 2 is 2.11 bits per heavy atom. The summed E-state index contributed by atoms with van der Waals surface area (Å²) in [6.45, 7) is 5.56. The maximum absolute atomic E-state index is 12.3. The molecule has 1 aliphatic heterocycles. The van der Waals surface area contributed by atoms with E-state index in [0.29, 0.717) is 0 Å². The number of nitrogens with one attached hydrogen (secondary N) is 1. The van der Waals surface area contributed by atoms with Crippen LogP contribution in [-0.4, -0.2) is 28.9 Å². The highest BCUT2D eigenvalue weighted by Gasteiger charge is 2.24. The smallest absolute Gasteiger partial charge is 0.259 e. The zero-order valence-electron chi connectivity index (χ0n) is 11.7. The van der Waals surface area contributed by atoms with Crippen molar-refractivity contribution >= 4 is 5.91 Å². The molecule has 1 aliphatic rings. The minimum absolute atomic E-state index is 0.129. The lowest BCUT2D eigenvalue weighted by molar-refractivity contribution is 0.0685. The van der Waals surface area contributed by atoms with E-state index in [1.54, 1.807) is 0 Å². The van der Waals surface area contributed by atoms with Crippen LogP contribution in [0.1, 0.15) is 48.7 Å². The van der Waals surface area contributed by atoms with Crippen LogP contribution >= 0.6 is 0 Å². The van der Waals surface area contributed by atoms with Crippen LogP contribution in [0.3, 0.4) is 0 Å². The van der Waals surface area contributed by atoms with E-state index in [-0.39, 0.29) is 16.9 Å². The number of hydrogen-bond acceptors (Lipinski definition) is 2. The summed E-state index contributed by atoms with van der Waals surface area (Å²) in [7, 11) is 0. The molecule has 2 heterocycles. The molecule has 1 fully saturated rings. The Labute approximate surface area is 113 Å². The molecule has 0 radical (unpaired) electrons. The van der Waals surface area contributed by atoms with Crippen LogP contribution < -0.4 is 5.43 Å². The molecule has 2 rings (SSSR count). The van der Waals surface area contributed by atoms with Gasteiger partial charge in [-0.2, -0.15) is 0 Å². The molecule has 0 unspecified atom stereocenters. The van der Waals surface area contributed by atoms with Crippen molar-refractivity contribution in [3.63, 3.8) is 0 Å². The van der Waals surface area contributed by atoms with Crippen molar-refractivity contribution in [3.8, 4) is 0 Å². The lowest BCUT2D eigenvalue weighted by atomic mass is 9.92. The quantitative estimate of drug-likeness (QED) is 0.909. The summed E-state index contributed by atoms with van der Waals surface area (Å²) in [5.41, 5.74) is 0.861. The second-order valence-electron chi connectivity index (χ2n) is 5.42. The number of hydrogen-bond donors (Lipinski definition) is 1. The molecule has 0 atom stereocenters. The van der Waals surface area contributed by atoms with Crippen LogP contribution in [0.25, 0.3) is 0 Å². The molecular weight excluding hydrogens is 240 g/mol.